The summed E-state index contributed by atoms with van der Waals surface area (Å²) >= 11 is 5.95. The highest BCUT2D eigenvalue weighted by Gasteiger charge is 2.07. The number of anilines is 1. The minimum Gasteiger partial charge on any atom is -0.377 e. The van der Waals surface area contributed by atoms with Gasteiger partial charge in [-0.15, -0.1) is 0 Å². The molecule has 0 aliphatic carbocycles. The first-order valence-corrected chi connectivity index (χ1v) is 7.81. The Morgan fingerprint density at radius 1 is 1.14 bits per heavy atom. The fourth-order valence-corrected chi connectivity index (χ4v) is 2.49. The van der Waals surface area contributed by atoms with Crippen LogP contribution in [0.3, 0.4) is 0 Å². The van der Waals surface area contributed by atoms with Crippen LogP contribution < -0.4 is 5.32 Å². The second kappa shape index (κ2) is 6.95. The molecule has 0 radical (unpaired) electrons. The molecule has 0 spiro atoms. The molecule has 1 aromatic carbocycles. The maximum Gasteiger partial charge on any atom is 0.132 e. The van der Waals surface area contributed by atoms with Crippen molar-refractivity contribution in [3.8, 4) is 0 Å². The monoisotopic (exact) mass is 302 g/mol. The van der Waals surface area contributed by atoms with E-state index in [1.807, 2.05) is 13.0 Å². The van der Waals surface area contributed by atoms with Crippen LogP contribution in [0.2, 0.25) is 5.15 Å². The Labute approximate surface area is 132 Å². The van der Waals surface area contributed by atoms with Crippen molar-refractivity contribution in [2.24, 2.45) is 5.92 Å². The summed E-state index contributed by atoms with van der Waals surface area (Å²) in [6, 6.07) is 11.1. The van der Waals surface area contributed by atoms with Gasteiger partial charge in [0.2, 0.25) is 0 Å². The third-order valence-corrected chi connectivity index (χ3v) is 3.92. The molecule has 1 N–H and O–H groups in total. The van der Waals surface area contributed by atoms with Gasteiger partial charge in [-0.1, -0.05) is 49.7 Å². The highest BCUT2D eigenvalue weighted by molar-refractivity contribution is 6.30. The minimum atomic E-state index is 0.237. The molecular formula is C18H23ClN2. The molecule has 0 fully saturated rings. The van der Waals surface area contributed by atoms with Crippen LogP contribution in [-0.2, 0) is 6.42 Å². The van der Waals surface area contributed by atoms with E-state index in [0.29, 0.717) is 11.1 Å². The van der Waals surface area contributed by atoms with Crippen molar-refractivity contribution in [1.82, 2.24) is 4.98 Å². The number of halogens is 1. The summed E-state index contributed by atoms with van der Waals surface area (Å²) in [7, 11) is 0. The van der Waals surface area contributed by atoms with Crippen LogP contribution >= 0.6 is 11.6 Å². The van der Waals surface area contributed by atoms with Gasteiger partial charge < -0.3 is 5.32 Å². The molecule has 1 unspecified atom stereocenters. The summed E-state index contributed by atoms with van der Waals surface area (Å²) in [4.78, 5) is 4.18. The van der Waals surface area contributed by atoms with Crippen LogP contribution in [0.1, 0.15) is 43.5 Å². The molecule has 0 saturated heterocycles. The maximum atomic E-state index is 5.95. The fourth-order valence-electron chi connectivity index (χ4n) is 2.38. The number of pyridine rings is 1. The lowest BCUT2D eigenvalue weighted by molar-refractivity contribution is 0.647. The van der Waals surface area contributed by atoms with Crippen molar-refractivity contribution in [1.29, 1.82) is 0 Å². The Hall–Kier alpha value is -1.54. The highest BCUT2D eigenvalue weighted by Crippen LogP contribution is 2.22. The van der Waals surface area contributed by atoms with Crippen molar-refractivity contribution in [3.63, 3.8) is 0 Å². The van der Waals surface area contributed by atoms with Gasteiger partial charge in [0.15, 0.2) is 0 Å². The number of nitrogens with one attached hydrogen (secondary N) is 1. The third kappa shape index (κ3) is 4.47. The molecule has 0 aliphatic rings. The molecule has 0 aliphatic heterocycles. The second-order valence-electron chi connectivity index (χ2n) is 6.04. The first kappa shape index (κ1) is 15.8. The van der Waals surface area contributed by atoms with E-state index >= 15 is 0 Å². The van der Waals surface area contributed by atoms with Gasteiger partial charge >= 0.3 is 0 Å². The van der Waals surface area contributed by atoms with Gasteiger partial charge in [0, 0.05) is 6.04 Å². The lowest BCUT2D eigenvalue weighted by atomic mass is 10.00. The van der Waals surface area contributed by atoms with Gasteiger partial charge in [0.25, 0.3) is 0 Å². The average molecular weight is 303 g/mol. The molecule has 1 aromatic heterocycles. The summed E-state index contributed by atoms with van der Waals surface area (Å²) in [5, 5.41) is 4.03. The van der Waals surface area contributed by atoms with Crippen molar-refractivity contribution >= 4 is 17.3 Å². The first-order valence-electron chi connectivity index (χ1n) is 7.43. The largest absolute Gasteiger partial charge is 0.377 e. The van der Waals surface area contributed by atoms with E-state index in [2.05, 4.69) is 55.3 Å². The van der Waals surface area contributed by atoms with E-state index in [1.165, 1.54) is 11.1 Å². The van der Waals surface area contributed by atoms with Crippen LogP contribution in [0.5, 0.6) is 0 Å². The molecular weight excluding hydrogens is 280 g/mol. The number of hydrogen-bond donors (Lipinski definition) is 1. The lowest BCUT2D eigenvalue weighted by Gasteiger charge is -2.17. The summed E-state index contributed by atoms with van der Waals surface area (Å²) < 4.78 is 0. The van der Waals surface area contributed by atoms with E-state index in [4.69, 9.17) is 11.6 Å². The van der Waals surface area contributed by atoms with Gasteiger partial charge in [-0.05, 0) is 48.9 Å². The molecule has 2 rings (SSSR count). The molecule has 2 aromatic rings. The first-order chi connectivity index (χ1) is 9.95. The Morgan fingerprint density at radius 3 is 2.38 bits per heavy atom. The normalized spacial score (nSPS) is 12.5. The second-order valence-corrected chi connectivity index (χ2v) is 6.40. The Morgan fingerprint density at radius 2 is 1.81 bits per heavy atom. The zero-order valence-electron chi connectivity index (χ0n) is 13.2. The van der Waals surface area contributed by atoms with Crippen LogP contribution in [0.4, 0.5) is 5.69 Å². The van der Waals surface area contributed by atoms with Gasteiger partial charge in [-0.3, -0.25) is 0 Å². The number of aromatic nitrogens is 1. The third-order valence-electron chi connectivity index (χ3n) is 3.52. The van der Waals surface area contributed by atoms with E-state index < -0.39 is 0 Å². The Bertz CT molecular complexity index is 591. The topological polar surface area (TPSA) is 24.9 Å². The quantitative estimate of drug-likeness (QED) is 0.746. The van der Waals surface area contributed by atoms with Gasteiger partial charge in [0.05, 0.1) is 11.9 Å². The molecule has 3 heteroatoms. The molecule has 1 heterocycles. The van der Waals surface area contributed by atoms with Crippen molar-refractivity contribution < 1.29 is 0 Å². The predicted molar refractivity (Wildman–Crippen MR) is 91.0 cm³/mol. The van der Waals surface area contributed by atoms with E-state index in [0.717, 1.165) is 17.7 Å². The molecule has 1 atom stereocenters. The van der Waals surface area contributed by atoms with E-state index in [9.17, 15) is 0 Å². The molecule has 112 valence electrons. The summed E-state index contributed by atoms with van der Waals surface area (Å²) in [5.41, 5.74) is 4.65. The fraction of sp³-hybridized carbons (Fsp3) is 0.389. The zero-order valence-corrected chi connectivity index (χ0v) is 13.9. The highest BCUT2D eigenvalue weighted by atomic mass is 35.5. The van der Waals surface area contributed by atoms with Gasteiger partial charge in [-0.2, -0.15) is 0 Å². The summed E-state index contributed by atoms with van der Waals surface area (Å²) in [6.07, 6.45) is 2.90. The van der Waals surface area contributed by atoms with Crippen molar-refractivity contribution in [2.45, 2.75) is 40.2 Å². The number of hydrogen-bond acceptors (Lipinski definition) is 2. The van der Waals surface area contributed by atoms with Crippen molar-refractivity contribution in [2.75, 3.05) is 5.32 Å². The van der Waals surface area contributed by atoms with Gasteiger partial charge in [0.1, 0.15) is 5.15 Å². The van der Waals surface area contributed by atoms with E-state index in [-0.39, 0.29) is 6.04 Å². The Kier molecular flexibility index (Phi) is 5.24. The standard InChI is InChI=1S/C18H23ClN2/c1-12(2)9-15-5-7-16(8-6-15)14(4)21-17-10-13(3)18(19)20-11-17/h5-8,10-12,14,21H,9H2,1-4H3. The Balaban J connectivity index is 2.05. The maximum absolute atomic E-state index is 5.95. The van der Waals surface area contributed by atoms with Crippen LogP contribution in [0.25, 0.3) is 0 Å². The minimum absolute atomic E-state index is 0.237. The summed E-state index contributed by atoms with van der Waals surface area (Å²) in [6.45, 7) is 8.61. The molecule has 0 saturated carbocycles. The SMILES string of the molecule is Cc1cc(NC(C)c2ccc(CC(C)C)cc2)cnc1Cl. The number of rotatable bonds is 5. The van der Waals surface area contributed by atoms with Crippen molar-refractivity contribution in [3.05, 3.63) is 58.4 Å². The molecule has 0 amide bonds. The van der Waals surface area contributed by atoms with E-state index in [1.54, 1.807) is 6.20 Å². The number of nitrogens with zero attached hydrogens (tertiary/aromatic N) is 1. The lowest BCUT2D eigenvalue weighted by Crippen LogP contribution is -2.07. The smallest absolute Gasteiger partial charge is 0.132 e. The molecule has 2 nitrogen and oxygen atoms in total. The molecule has 21 heavy (non-hydrogen) atoms. The molecule has 0 bridgehead atoms. The van der Waals surface area contributed by atoms with Crippen LogP contribution in [0, 0.1) is 12.8 Å². The summed E-state index contributed by atoms with van der Waals surface area (Å²) in [5.74, 6) is 0.689. The number of aryl methyl sites for hydroxylation is 1. The van der Waals surface area contributed by atoms with Crippen LogP contribution in [0.15, 0.2) is 36.5 Å². The average Bonchev–Trinajstić information content (AvgIpc) is 2.43. The zero-order chi connectivity index (χ0) is 15.4. The number of benzene rings is 1. The predicted octanol–water partition coefficient (Wildman–Crippen LogP) is 5.42. The van der Waals surface area contributed by atoms with Gasteiger partial charge in [-0.25, -0.2) is 4.98 Å². The van der Waals surface area contributed by atoms with Crippen LogP contribution in [-0.4, -0.2) is 4.98 Å².